The monoisotopic (exact) mass is 323 g/mol. The van der Waals surface area contributed by atoms with Crippen molar-refractivity contribution in [3.05, 3.63) is 33.8 Å². The first kappa shape index (κ1) is 15.0. The van der Waals surface area contributed by atoms with E-state index >= 15 is 0 Å². The molecule has 0 radical (unpaired) electrons. The fraction of sp³-hybridized carbons (Fsp3) is 0.417. The number of amides is 1. The second-order valence-electron chi connectivity index (χ2n) is 3.80. The Morgan fingerprint density at radius 2 is 2.06 bits per heavy atom. The van der Waals surface area contributed by atoms with Gasteiger partial charge in [0.05, 0.1) is 11.1 Å². The predicted molar refractivity (Wildman–Crippen MR) is 66.4 cm³/mol. The summed E-state index contributed by atoms with van der Waals surface area (Å²) in [6.07, 6.45) is -2.93. The Balaban J connectivity index is 2.97. The van der Waals surface area contributed by atoms with Crippen LogP contribution in [0.5, 0.6) is 0 Å². The van der Waals surface area contributed by atoms with Crippen LogP contribution in [0.3, 0.4) is 0 Å². The third-order valence-corrected chi connectivity index (χ3v) is 2.84. The maximum absolute atomic E-state index is 12.8. The first-order chi connectivity index (χ1) is 8.36. The summed E-state index contributed by atoms with van der Waals surface area (Å²) in [6, 6.07) is 3.51. The Bertz CT molecular complexity index is 432. The number of halogens is 4. The van der Waals surface area contributed by atoms with Crippen LogP contribution >= 0.6 is 15.9 Å². The van der Waals surface area contributed by atoms with Crippen molar-refractivity contribution in [1.29, 1.82) is 0 Å². The molecule has 0 atom stereocenters. The molecule has 0 spiro atoms. The van der Waals surface area contributed by atoms with Crippen LogP contribution in [0, 0.1) is 0 Å². The minimum atomic E-state index is -4.54. The molecule has 1 aromatic rings. The Labute approximate surface area is 112 Å². The summed E-state index contributed by atoms with van der Waals surface area (Å²) in [5, 5.41) is 2.48. The van der Waals surface area contributed by atoms with Gasteiger partial charge in [-0.05, 0) is 24.6 Å². The molecule has 0 saturated carbocycles. The molecule has 1 aromatic carbocycles. The molecule has 18 heavy (non-hydrogen) atoms. The molecular weight excluding hydrogens is 311 g/mol. The lowest BCUT2D eigenvalue weighted by Gasteiger charge is -2.13. The standard InChI is InChI=1S/C12H13BrF3NO/c1-2-3-6-17-11(18)9-5-4-8(13)7-10(9)12(14,15)16/h4-5,7H,2-3,6H2,1H3,(H,17,18). The number of nitrogens with one attached hydrogen (secondary N) is 1. The normalized spacial score (nSPS) is 11.4. The number of carbonyl (C=O) groups excluding carboxylic acids is 1. The largest absolute Gasteiger partial charge is 0.417 e. The van der Waals surface area contributed by atoms with Gasteiger partial charge in [0, 0.05) is 11.0 Å². The number of benzene rings is 1. The van der Waals surface area contributed by atoms with Crippen LogP contribution in [0.25, 0.3) is 0 Å². The zero-order chi connectivity index (χ0) is 13.8. The van der Waals surface area contributed by atoms with E-state index in [1.807, 2.05) is 6.92 Å². The van der Waals surface area contributed by atoms with Crippen molar-refractivity contribution in [3.63, 3.8) is 0 Å². The maximum Gasteiger partial charge on any atom is 0.417 e. The zero-order valence-electron chi connectivity index (χ0n) is 9.77. The van der Waals surface area contributed by atoms with Gasteiger partial charge in [0.25, 0.3) is 5.91 Å². The lowest BCUT2D eigenvalue weighted by Crippen LogP contribution is -2.27. The topological polar surface area (TPSA) is 29.1 Å². The summed E-state index contributed by atoms with van der Waals surface area (Å²) in [4.78, 5) is 11.7. The van der Waals surface area contributed by atoms with Crippen molar-refractivity contribution < 1.29 is 18.0 Å². The molecule has 0 heterocycles. The number of carbonyl (C=O) groups is 1. The summed E-state index contributed by atoms with van der Waals surface area (Å²) in [7, 11) is 0. The smallest absolute Gasteiger partial charge is 0.352 e. The summed E-state index contributed by atoms with van der Waals surface area (Å²) in [6.45, 7) is 2.32. The molecule has 2 nitrogen and oxygen atoms in total. The van der Waals surface area contributed by atoms with Gasteiger partial charge in [0.2, 0.25) is 0 Å². The van der Waals surface area contributed by atoms with Crippen molar-refractivity contribution in [2.45, 2.75) is 25.9 Å². The van der Waals surface area contributed by atoms with Gasteiger partial charge in [0.1, 0.15) is 0 Å². The minimum Gasteiger partial charge on any atom is -0.352 e. The van der Waals surface area contributed by atoms with Crippen molar-refractivity contribution in [2.24, 2.45) is 0 Å². The van der Waals surface area contributed by atoms with Gasteiger partial charge >= 0.3 is 6.18 Å². The highest BCUT2D eigenvalue weighted by Gasteiger charge is 2.35. The van der Waals surface area contributed by atoms with Gasteiger partial charge in [-0.3, -0.25) is 4.79 Å². The van der Waals surface area contributed by atoms with Crippen molar-refractivity contribution in [1.82, 2.24) is 5.32 Å². The molecule has 0 aromatic heterocycles. The zero-order valence-corrected chi connectivity index (χ0v) is 11.4. The Hall–Kier alpha value is -1.04. The van der Waals surface area contributed by atoms with E-state index < -0.39 is 17.6 Å². The predicted octanol–water partition coefficient (Wildman–Crippen LogP) is 4.00. The number of rotatable bonds is 4. The van der Waals surface area contributed by atoms with E-state index in [1.54, 1.807) is 0 Å². The van der Waals surface area contributed by atoms with Crippen LogP contribution in [0.15, 0.2) is 22.7 Å². The van der Waals surface area contributed by atoms with Crippen molar-refractivity contribution in [2.75, 3.05) is 6.54 Å². The fourth-order valence-corrected chi connectivity index (χ4v) is 1.78. The van der Waals surface area contributed by atoms with E-state index in [0.29, 0.717) is 11.0 Å². The van der Waals surface area contributed by atoms with Gasteiger partial charge in [-0.25, -0.2) is 0 Å². The Morgan fingerprint density at radius 3 is 2.61 bits per heavy atom. The SMILES string of the molecule is CCCCNC(=O)c1ccc(Br)cc1C(F)(F)F. The van der Waals surface area contributed by atoms with E-state index in [9.17, 15) is 18.0 Å². The molecule has 0 bridgehead atoms. The summed E-state index contributed by atoms with van der Waals surface area (Å²) >= 11 is 2.97. The molecule has 1 N–H and O–H groups in total. The lowest BCUT2D eigenvalue weighted by molar-refractivity contribution is -0.138. The second kappa shape index (κ2) is 6.22. The van der Waals surface area contributed by atoms with Gasteiger partial charge < -0.3 is 5.32 Å². The fourth-order valence-electron chi connectivity index (χ4n) is 1.42. The van der Waals surface area contributed by atoms with E-state index in [0.717, 1.165) is 18.9 Å². The van der Waals surface area contributed by atoms with E-state index in [1.165, 1.54) is 12.1 Å². The number of alkyl halides is 3. The molecule has 0 saturated heterocycles. The second-order valence-corrected chi connectivity index (χ2v) is 4.71. The highest BCUT2D eigenvalue weighted by molar-refractivity contribution is 9.10. The summed E-state index contributed by atoms with van der Waals surface area (Å²) < 4.78 is 38.6. The van der Waals surface area contributed by atoms with Crippen molar-refractivity contribution >= 4 is 21.8 Å². The maximum atomic E-state index is 12.8. The molecule has 1 rings (SSSR count). The van der Waals surface area contributed by atoms with Crippen molar-refractivity contribution in [3.8, 4) is 0 Å². The van der Waals surface area contributed by atoms with Crippen LogP contribution in [-0.4, -0.2) is 12.5 Å². The molecule has 0 aliphatic heterocycles. The average Bonchev–Trinajstić information content (AvgIpc) is 2.28. The van der Waals surface area contributed by atoms with Crippen LogP contribution in [0.2, 0.25) is 0 Å². The molecule has 0 aliphatic carbocycles. The molecule has 6 heteroatoms. The van der Waals surface area contributed by atoms with E-state index in [4.69, 9.17) is 0 Å². The van der Waals surface area contributed by atoms with Crippen LogP contribution in [0.1, 0.15) is 35.7 Å². The first-order valence-electron chi connectivity index (χ1n) is 5.51. The van der Waals surface area contributed by atoms with Gasteiger partial charge in [0.15, 0.2) is 0 Å². The third kappa shape index (κ3) is 4.01. The van der Waals surface area contributed by atoms with Gasteiger partial charge in [-0.15, -0.1) is 0 Å². The number of unbranched alkanes of at least 4 members (excludes halogenated alkanes) is 1. The average molecular weight is 324 g/mol. The molecular formula is C12H13BrF3NO. The molecule has 100 valence electrons. The quantitative estimate of drug-likeness (QED) is 0.834. The molecule has 0 aliphatic rings. The Kier molecular flexibility index (Phi) is 5.19. The Morgan fingerprint density at radius 1 is 1.39 bits per heavy atom. The van der Waals surface area contributed by atoms with Crippen LogP contribution in [-0.2, 0) is 6.18 Å². The summed E-state index contributed by atoms with van der Waals surface area (Å²) in [5.74, 6) is -0.691. The number of hydrogen-bond acceptors (Lipinski definition) is 1. The minimum absolute atomic E-state index is 0.292. The molecule has 1 amide bonds. The van der Waals surface area contributed by atoms with E-state index in [-0.39, 0.29) is 5.56 Å². The summed E-state index contributed by atoms with van der Waals surface area (Å²) in [5.41, 5.74) is -1.27. The highest BCUT2D eigenvalue weighted by atomic mass is 79.9. The first-order valence-corrected chi connectivity index (χ1v) is 6.30. The van der Waals surface area contributed by atoms with Crippen LogP contribution in [0.4, 0.5) is 13.2 Å². The number of hydrogen-bond donors (Lipinski definition) is 1. The lowest BCUT2D eigenvalue weighted by atomic mass is 10.1. The van der Waals surface area contributed by atoms with E-state index in [2.05, 4.69) is 21.2 Å². The molecule has 0 unspecified atom stereocenters. The molecule has 0 fully saturated rings. The third-order valence-electron chi connectivity index (χ3n) is 2.35. The van der Waals surface area contributed by atoms with Gasteiger partial charge in [-0.2, -0.15) is 13.2 Å². The van der Waals surface area contributed by atoms with Gasteiger partial charge in [-0.1, -0.05) is 29.3 Å². The highest BCUT2D eigenvalue weighted by Crippen LogP contribution is 2.33. The van der Waals surface area contributed by atoms with Crippen LogP contribution < -0.4 is 5.32 Å².